The molecule has 0 fully saturated rings. The van der Waals surface area contributed by atoms with E-state index in [9.17, 15) is 13.2 Å². The number of nitrogens with zero attached hydrogens (tertiary/aromatic N) is 2. The number of thiophene rings is 1. The van der Waals surface area contributed by atoms with Gasteiger partial charge in [-0.15, -0.1) is 11.3 Å². The van der Waals surface area contributed by atoms with Crippen molar-refractivity contribution < 1.29 is 17.9 Å². The highest BCUT2D eigenvalue weighted by Crippen LogP contribution is 2.40. The Hall–Kier alpha value is -2.64. The number of hydrogen-bond acceptors (Lipinski definition) is 4. The average molecular weight is 407 g/mol. The molecule has 136 valence electrons. The van der Waals surface area contributed by atoms with Crippen LogP contribution in [-0.4, -0.2) is 9.97 Å². The molecule has 3 nitrogen and oxygen atoms in total. The molecule has 4 aromatic rings. The topological polar surface area (TPSA) is 35.0 Å². The Labute approximate surface area is 161 Å². The van der Waals surface area contributed by atoms with E-state index in [0.717, 1.165) is 23.3 Å². The standard InChI is InChI=1S/C19H10ClF3N2OS/c20-13-6-4-11(5-7-13)15-9-27-18-16(15)17(24-10-25-18)26-14-3-1-2-12(8-14)19(21,22)23/h1-10H. The summed E-state index contributed by atoms with van der Waals surface area (Å²) in [5, 5.41) is 3.15. The van der Waals surface area contributed by atoms with Crippen molar-refractivity contribution in [3.05, 3.63) is 70.8 Å². The highest BCUT2D eigenvalue weighted by Gasteiger charge is 2.30. The normalized spacial score (nSPS) is 11.7. The second-order valence-electron chi connectivity index (χ2n) is 5.64. The number of rotatable bonds is 3. The summed E-state index contributed by atoms with van der Waals surface area (Å²) < 4.78 is 44.5. The number of ether oxygens (including phenoxy) is 1. The summed E-state index contributed by atoms with van der Waals surface area (Å²) in [5.41, 5.74) is 0.928. The van der Waals surface area contributed by atoms with Crippen molar-refractivity contribution in [2.24, 2.45) is 0 Å². The molecule has 4 rings (SSSR count). The van der Waals surface area contributed by atoms with Crippen LogP contribution in [0.1, 0.15) is 5.56 Å². The minimum absolute atomic E-state index is 0.0538. The molecule has 0 saturated carbocycles. The smallest absolute Gasteiger partial charge is 0.416 e. The average Bonchev–Trinajstić information content (AvgIpc) is 3.07. The highest BCUT2D eigenvalue weighted by atomic mass is 35.5. The molecule has 0 N–H and O–H groups in total. The van der Waals surface area contributed by atoms with E-state index >= 15 is 0 Å². The lowest BCUT2D eigenvalue weighted by molar-refractivity contribution is -0.137. The zero-order chi connectivity index (χ0) is 19.0. The van der Waals surface area contributed by atoms with Crippen molar-refractivity contribution in [2.75, 3.05) is 0 Å². The lowest BCUT2D eigenvalue weighted by Gasteiger charge is -2.10. The minimum atomic E-state index is -4.45. The Balaban J connectivity index is 1.79. The summed E-state index contributed by atoms with van der Waals surface area (Å²) in [6.07, 6.45) is -3.12. The maximum atomic E-state index is 12.9. The maximum absolute atomic E-state index is 12.9. The molecule has 2 heterocycles. The molecule has 0 unspecified atom stereocenters. The molecule has 0 bridgehead atoms. The summed E-state index contributed by atoms with van der Waals surface area (Å²) in [5.74, 6) is 0.253. The van der Waals surface area contributed by atoms with Crippen molar-refractivity contribution in [2.45, 2.75) is 6.18 Å². The van der Waals surface area contributed by atoms with E-state index in [4.69, 9.17) is 16.3 Å². The van der Waals surface area contributed by atoms with E-state index in [1.807, 2.05) is 17.5 Å². The summed E-state index contributed by atoms with van der Waals surface area (Å²) in [6, 6.07) is 11.9. The number of alkyl halides is 3. The SMILES string of the molecule is FC(F)(F)c1cccc(Oc2ncnc3scc(-c4ccc(Cl)cc4)c23)c1. The molecule has 27 heavy (non-hydrogen) atoms. The number of aromatic nitrogens is 2. The molecule has 0 atom stereocenters. The Morgan fingerprint density at radius 2 is 1.78 bits per heavy atom. The Bertz CT molecular complexity index is 1110. The third kappa shape index (κ3) is 3.61. The van der Waals surface area contributed by atoms with Crippen LogP contribution in [0.3, 0.4) is 0 Å². The first-order valence-electron chi connectivity index (χ1n) is 7.75. The first kappa shape index (κ1) is 17.8. The molecular weight excluding hydrogens is 397 g/mol. The van der Waals surface area contributed by atoms with Crippen LogP contribution in [-0.2, 0) is 6.18 Å². The molecule has 0 radical (unpaired) electrons. The van der Waals surface area contributed by atoms with E-state index in [2.05, 4.69) is 9.97 Å². The van der Waals surface area contributed by atoms with Crippen LogP contribution >= 0.6 is 22.9 Å². The summed E-state index contributed by atoms with van der Waals surface area (Å²) in [7, 11) is 0. The van der Waals surface area contributed by atoms with Gasteiger partial charge in [0.15, 0.2) is 0 Å². The zero-order valence-corrected chi connectivity index (χ0v) is 15.1. The van der Waals surface area contributed by atoms with Crippen LogP contribution in [0.2, 0.25) is 5.02 Å². The monoisotopic (exact) mass is 406 g/mol. The Kier molecular flexibility index (Phi) is 4.49. The molecule has 0 aliphatic heterocycles. The van der Waals surface area contributed by atoms with Gasteiger partial charge in [0.2, 0.25) is 5.88 Å². The molecular formula is C19H10ClF3N2OS. The van der Waals surface area contributed by atoms with Gasteiger partial charge in [-0.05, 0) is 35.9 Å². The van der Waals surface area contributed by atoms with Crippen molar-refractivity contribution >= 4 is 33.2 Å². The van der Waals surface area contributed by atoms with Crippen LogP contribution in [0.4, 0.5) is 13.2 Å². The molecule has 2 aromatic heterocycles. The van der Waals surface area contributed by atoms with Gasteiger partial charge in [-0.2, -0.15) is 13.2 Å². The predicted octanol–water partition coefficient (Wildman–Crippen LogP) is 6.82. The van der Waals surface area contributed by atoms with Crippen LogP contribution in [0.25, 0.3) is 21.3 Å². The fraction of sp³-hybridized carbons (Fsp3) is 0.0526. The molecule has 0 aliphatic rings. The van der Waals surface area contributed by atoms with E-state index in [-0.39, 0.29) is 11.6 Å². The number of benzene rings is 2. The number of fused-ring (bicyclic) bond motifs is 1. The third-order valence-corrected chi connectivity index (χ3v) is 5.00. The fourth-order valence-corrected chi connectivity index (χ4v) is 3.65. The van der Waals surface area contributed by atoms with Gasteiger partial charge in [-0.1, -0.05) is 29.8 Å². The molecule has 0 aliphatic carbocycles. The van der Waals surface area contributed by atoms with Crippen molar-refractivity contribution in [1.29, 1.82) is 0 Å². The maximum Gasteiger partial charge on any atom is 0.416 e. The van der Waals surface area contributed by atoms with E-state index < -0.39 is 11.7 Å². The number of halogens is 4. The third-order valence-electron chi connectivity index (χ3n) is 3.87. The number of hydrogen-bond donors (Lipinski definition) is 0. The Morgan fingerprint density at radius 3 is 2.52 bits per heavy atom. The van der Waals surface area contributed by atoms with Gasteiger partial charge in [-0.3, -0.25) is 0 Å². The molecule has 0 saturated heterocycles. The van der Waals surface area contributed by atoms with Gasteiger partial charge in [0.25, 0.3) is 0 Å². The van der Waals surface area contributed by atoms with Crippen molar-refractivity contribution in [1.82, 2.24) is 9.97 Å². The molecule has 8 heteroatoms. The van der Waals surface area contributed by atoms with Crippen molar-refractivity contribution in [3.63, 3.8) is 0 Å². The molecule has 0 spiro atoms. The van der Waals surface area contributed by atoms with Crippen LogP contribution in [0.15, 0.2) is 60.2 Å². The lowest BCUT2D eigenvalue weighted by Crippen LogP contribution is -2.04. The van der Waals surface area contributed by atoms with Gasteiger partial charge in [-0.25, -0.2) is 9.97 Å². The lowest BCUT2D eigenvalue weighted by atomic mass is 10.1. The second kappa shape index (κ2) is 6.83. The summed E-state index contributed by atoms with van der Waals surface area (Å²) >= 11 is 7.34. The van der Waals surface area contributed by atoms with Gasteiger partial charge in [0, 0.05) is 16.0 Å². The highest BCUT2D eigenvalue weighted by molar-refractivity contribution is 7.17. The summed E-state index contributed by atoms with van der Waals surface area (Å²) in [6.45, 7) is 0. The molecule has 0 amide bonds. The largest absolute Gasteiger partial charge is 0.438 e. The van der Waals surface area contributed by atoms with Crippen LogP contribution in [0, 0.1) is 0 Å². The van der Waals surface area contributed by atoms with Crippen molar-refractivity contribution in [3.8, 4) is 22.8 Å². The van der Waals surface area contributed by atoms with Crippen LogP contribution in [0.5, 0.6) is 11.6 Å². The summed E-state index contributed by atoms with van der Waals surface area (Å²) in [4.78, 5) is 9.04. The second-order valence-corrected chi connectivity index (χ2v) is 6.94. The van der Waals surface area contributed by atoms with Gasteiger partial charge >= 0.3 is 6.18 Å². The van der Waals surface area contributed by atoms with Crippen LogP contribution < -0.4 is 4.74 Å². The van der Waals surface area contributed by atoms with E-state index in [1.54, 1.807) is 12.1 Å². The van der Waals surface area contributed by atoms with E-state index in [0.29, 0.717) is 15.2 Å². The van der Waals surface area contributed by atoms with E-state index in [1.165, 1.54) is 29.8 Å². The van der Waals surface area contributed by atoms with Gasteiger partial charge in [0.1, 0.15) is 16.9 Å². The fourth-order valence-electron chi connectivity index (χ4n) is 2.61. The Morgan fingerprint density at radius 1 is 1.00 bits per heavy atom. The zero-order valence-electron chi connectivity index (χ0n) is 13.5. The van der Waals surface area contributed by atoms with Gasteiger partial charge < -0.3 is 4.74 Å². The van der Waals surface area contributed by atoms with Gasteiger partial charge in [0.05, 0.1) is 10.9 Å². The first-order chi connectivity index (χ1) is 12.9. The minimum Gasteiger partial charge on any atom is -0.438 e. The quantitative estimate of drug-likeness (QED) is 0.374. The first-order valence-corrected chi connectivity index (χ1v) is 9.01. The molecule has 2 aromatic carbocycles. The predicted molar refractivity (Wildman–Crippen MR) is 99.4 cm³/mol.